The Morgan fingerprint density at radius 2 is 1.90 bits per heavy atom. The Balaban J connectivity index is 1.84. The lowest BCUT2D eigenvalue weighted by atomic mass is 9.60. The van der Waals surface area contributed by atoms with Gasteiger partial charge in [0.25, 0.3) is 0 Å². The first-order valence-electron chi connectivity index (χ1n) is 14.8. The number of aliphatic hydroxyl groups excluding tert-OH is 2. The number of carboxylic acid groups (broad SMARTS) is 1. The third-order valence-electron chi connectivity index (χ3n) is 9.43. The summed E-state index contributed by atoms with van der Waals surface area (Å²) < 4.78 is 6.12. The van der Waals surface area contributed by atoms with Gasteiger partial charge >= 0.3 is 11.9 Å². The van der Waals surface area contributed by atoms with Crippen molar-refractivity contribution in [3.05, 3.63) is 35.5 Å². The molecular formula is C32H50O7. The average molecular weight is 547 g/mol. The molecule has 3 fully saturated rings. The highest BCUT2D eigenvalue weighted by molar-refractivity contribution is 5.71. The standard InChI is InChI=1S/C32H50O7/c1-20(9-7-15-31(3,4)38)30-27(39-29(37)12-6-11-28(35)36)19-25-22(10-8-16-32(25,30)5)13-14-23-17-24(33)18-26(34)21(23)2/h13-14,20,24-27,30,33-34,38H,2,6-12,15-19H2,1,3-5H3,(H,35,36)/b22-13+,23-14+/t20-,24-,25+,26+,27-,30+,32+/m1/s1. The second-order valence-electron chi connectivity index (χ2n) is 13.2. The van der Waals surface area contributed by atoms with Gasteiger partial charge in [0.1, 0.15) is 6.10 Å². The zero-order valence-corrected chi connectivity index (χ0v) is 24.3. The number of aliphatic carboxylic acids is 1. The summed E-state index contributed by atoms with van der Waals surface area (Å²) in [5, 5.41) is 39.6. The number of ether oxygens (including phenoxy) is 1. The van der Waals surface area contributed by atoms with Crippen molar-refractivity contribution < 1.29 is 34.8 Å². The molecule has 0 bridgehead atoms. The SMILES string of the molecule is C=C1/C(=C/C=C2\CCC[C@]3(C)[C@@H]([C@H](C)CCCC(C)(C)O)[C@H](OC(=O)CCCC(=O)O)C[C@@H]23)C[C@@H](O)C[C@@H]1O. The first-order valence-corrected chi connectivity index (χ1v) is 14.8. The Labute approximate surface area is 234 Å². The van der Waals surface area contributed by atoms with Crippen LogP contribution in [0.5, 0.6) is 0 Å². The number of aliphatic hydroxyl groups is 3. The molecule has 3 rings (SSSR count). The highest BCUT2D eigenvalue weighted by atomic mass is 16.5. The largest absolute Gasteiger partial charge is 0.481 e. The van der Waals surface area contributed by atoms with Crippen LogP contribution in [0, 0.1) is 23.2 Å². The minimum atomic E-state index is -0.912. The van der Waals surface area contributed by atoms with Crippen LogP contribution in [0.3, 0.4) is 0 Å². The minimum absolute atomic E-state index is 0.0485. The number of rotatable bonds is 11. The molecule has 0 aromatic heterocycles. The molecule has 0 radical (unpaired) electrons. The van der Waals surface area contributed by atoms with Gasteiger partial charge in [-0.05, 0) is 87.2 Å². The third-order valence-corrected chi connectivity index (χ3v) is 9.43. The molecule has 4 N–H and O–H groups in total. The molecule has 7 nitrogen and oxygen atoms in total. The maximum atomic E-state index is 12.8. The Bertz CT molecular complexity index is 958. The van der Waals surface area contributed by atoms with Crippen LogP contribution in [-0.2, 0) is 14.3 Å². The molecule has 0 heterocycles. The van der Waals surface area contributed by atoms with Gasteiger partial charge in [-0.25, -0.2) is 0 Å². The van der Waals surface area contributed by atoms with Crippen LogP contribution in [0.25, 0.3) is 0 Å². The Morgan fingerprint density at radius 3 is 2.56 bits per heavy atom. The topological polar surface area (TPSA) is 124 Å². The van der Waals surface area contributed by atoms with E-state index in [1.165, 1.54) is 5.57 Å². The molecule has 0 spiro atoms. The highest BCUT2D eigenvalue weighted by Gasteiger charge is 2.56. The second-order valence-corrected chi connectivity index (χ2v) is 13.2. The molecule has 7 atom stereocenters. The minimum Gasteiger partial charge on any atom is -0.481 e. The van der Waals surface area contributed by atoms with E-state index in [4.69, 9.17) is 9.84 Å². The van der Waals surface area contributed by atoms with Gasteiger partial charge in [0.2, 0.25) is 0 Å². The summed E-state index contributed by atoms with van der Waals surface area (Å²) in [5.74, 6) is -0.539. The van der Waals surface area contributed by atoms with Gasteiger partial charge in [0.05, 0.1) is 17.8 Å². The van der Waals surface area contributed by atoms with E-state index in [0.29, 0.717) is 30.8 Å². The summed E-state index contributed by atoms with van der Waals surface area (Å²) in [7, 11) is 0. The predicted octanol–water partition coefficient (Wildman–Crippen LogP) is 5.48. The van der Waals surface area contributed by atoms with E-state index in [-0.39, 0.29) is 48.6 Å². The van der Waals surface area contributed by atoms with Crippen molar-refractivity contribution in [2.45, 2.75) is 129 Å². The van der Waals surface area contributed by atoms with E-state index in [1.807, 2.05) is 19.9 Å². The van der Waals surface area contributed by atoms with E-state index in [0.717, 1.165) is 44.1 Å². The molecule has 0 saturated heterocycles. The van der Waals surface area contributed by atoms with Crippen molar-refractivity contribution in [3.8, 4) is 0 Å². The Kier molecular flexibility index (Phi) is 10.6. The fourth-order valence-electron chi connectivity index (χ4n) is 7.52. The summed E-state index contributed by atoms with van der Waals surface area (Å²) in [4.78, 5) is 23.7. The Hall–Kier alpha value is -1.96. The number of carbonyl (C=O) groups is 2. The van der Waals surface area contributed by atoms with Crippen molar-refractivity contribution in [1.82, 2.24) is 0 Å². The summed E-state index contributed by atoms with van der Waals surface area (Å²) in [5.41, 5.74) is 2.11. The number of carbonyl (C=O) groups excluding carboxylic acids is 1. The first kappa shape index (κ1) is 31.6. The molecule has 0 unspecified atom stereocenters. The van der Waals surface area contributed by atoms with Gasteiger partial charge < -0.3 is 25.2 Å². The number of fused-ring (bicyclic) bond motifs is 1. The lowest BCUT2D eigenvalue weighted by Crippen LogP contribution is -2.39. The molecule has 220 valence electrons. The Morgan fingerprint density at radius 1 is 1.18 bits per heavy atom. The average Bonchev–Trinajstić information content (AvgIpc) is 3.11. The fourth-order valence-corrected chi connectivity index (χ4v) is 7.52. The molecule has 3 aliphatic carbocycles. The lowest BCUT2D eigenvalue weighted by Gasteiger charge is -2.44. The zero-order chi connectivity index (χ0) is 29.0. The molecule has 0 amide bonds. The molecule has 0 aliphatic heterocycles. The summed E-state index contributed by atoms with van der Waals surface area (Å²) in [6, 6.07) is 0. The normalized spacial score (nSPS) is 34.2. The third kappa shape index (κ3) is 8.27. The van der Waals surface area contributed by atoms with Crippen LogP contribution in [0.1, 0.15) is 105 Å². The quantitative estimate of drug-likeness (QED) is 0.253. The van der Waals surface area contributed by atoms with Crippen LogP contribution in [-0.4, -0.2) is 56.3 Å². The van der Waals surface area contributed by atoms with Gasteiger partial charge in [-0.2, -0.15) is 0 Å². The number of hydrogen-bond acceptors (Lipinski definition) is 6. The van der Waals surface area contributed by atoms with E-state index in [9.17, 15) is 24.9 Å². The number of carboxylic acids is 1. The maximum Gasteiger partial charge on any atom is 0.306 e. The summed E-state index contributed by atoms with van der Waals surface area (Å²) in [6.07, 6.45) is 10.1. The number of allylic oxidation sites excluding steroid dienone is 3. The predicted molar refractivity (Wildman–Crippen MR) is 151 cm³/mol. The summed E-state index contributed by atoms with van der Waals surface area (Å²) >= 11 is 0. The highest BCUT2D eigenvalue weighted by Crippen LogP contribution is 2.60. The number of esters is 1. The molecule has 0 aromatic rings. The zero-order valence-electron chi connectivity index (χ0n) is 24.3. The molecule has 3 saturated carbocycles. The van der Waals surface area contributed by atoms with Crippen molar-refractivity contribution in [2.24, 2.45) is 23.2 Å². The van der Waals surface area contributed by atoms with Gasteiger partial charge in [-0.3, -0.25) is 9.59 Å². The van der Waals surface area contributed by atoms with Crippen molar-refractivity contribution >= 4 is 11.9 Å². The molecular weight excluding hydrogens is 496 g/mol. The van der Waals surface area contributed by atoms with Gasteiger partial charge in [-0.1, -0.05) is 51.0 Å². The van der Waals surface area contributed by atoms with E-state index in [2.05, 4.69) is 26.5 Å². The van der Waals surface area contributed by atoms with Crippen LogP contribution < -0.4 is 0 Å². The monoisotopic (exact) mass is 546 g/mol. The van der Waals surface area contributed by atoms with Gasteiger partial charge in [-0.15, -0.1) is 0 Å². The molecule has 7 heteroatoms. The van der Waals surface area contributed by atoms with Crippen LogP contribution in [0.2, 0.25) is 0 Å². The van der Waals surface area contributed by atoms with Crippen molar-refractivity contribution in [3.63, 3.8) is 0 Å². The first-order chi connectivity index (χ1) is 18.2. The summed E-state index contributed by atoms with van der Waals surface area (Å²) in [6.45, 7) is 12.3. The van der Waals surface area contributed by atoms with Crippen LogP contribution >= 0.6 is 0 Å². The van der Waals surface area contributed by atoms with E-state index in [1.54, 1.807) is 0 Å². The lowest BCUT2D eigenvalue weighted by molar-refractivity contribution is -0.153. The smallest absolute Gasteiger partial charge is 0.306 e. The van der Waals surface area contributed by atoms with E-state index >= 15 is 0 Å². The van der Waals surface area contributed by atoms with Crippen LogP contribution in [0.15, 0.2) is 35.5 Å². The van der Waals surface area contributed by atoms with Crippen molar-refractivity contribution in [1.29, 1.82) is 0 Å². The van der Waals surface area contributed by atoms with Gasteiger partial charge in [0, 0.05) is 25.2 Å². The molecule has 3 aliphatic rings. The molecule has 39 heavy (non-hydrogen) atoms. The number of hydrogen-bond donors (Lipinski definition) is 4. The molecule has 0 aromatic carbocycles. The van der Waals surface area contributed by atoms with E-state index < -0.39 is 23.8 Å². The van der Waals surface area contributed by atoms with Gasteiger partial charge in [0.15, 0.2) is 0 Å². The maximum absolute atomic E-state index is 12.8. The van der Waals surface area contributed by atoms with Crippen LogP contribution in [0.4, 0.5) is 0 Å². The fraction of sp³-hybridized carbons (Fsp3) is 0.750. The second kappa shape index (κ2) is 13.1. The van der Waals surface area contributed by atoms with Crippen molar-refractivity contribution in [2.75, 3.05) is 0 Å².